The third-order valence-corrected chi connectivity index (χ3v) is 9.58. The van der Waals surface area contributed by atoms with E-state index < -0.39 is 0 Å². The molecule has 0 fully saturated rings. The highest BCUT2D eigenvalue weighted by molar-refractivity contribution is 5.69. The van der Waals surface area contributed by atoms with E-state index in [1.54, 1.807) is 0 Å². The Balaban J connectivity index is 4.04. The second-order valence-electron chi connectivity index (χ2n) is 14.3. The molecule has 0 heterocycles. The molecule has 0 rings (SSSR count). The summed E-state index contributed by atoms with van der Waals surface area (Å²) in [6.45, 7) is 10.9. The van der Waals surface area contributed by atoms with Crippen LogP contribution in [-0.4, -0.2) is 67.5 Å². The maximum absolute atomic E-state index is 12.5. The third kappa shape index (κ3) is 30.2. The number of hydrogen-bond acceptors (Lipinski definition) is 5. The van der Waals surface area contributed by atoms with Crippen LogP contribution >= 0.6 is 0 Å². The number of rotatable bonds is 36. The number of hydrogen-bond donors (Lipinski definition) is 1. The lowest BCUT2D eigenvalue weighted by Crippen LogP contribution is -2.46. The first-order valence-corrected chi connectivity index (χ1v) is 20.2. The number of aliphatic hydroxyl groups is 1. The summed E-state index contributed by atoms with van der Waals surface area (Å²) in [7, 11) is 2.35. The van der Waals surface area contributed by atoms with Gasteiger partial charge in [-0.2, -0.15) is 0 Å². The topological polar surface area (TPSA) is 72.8 Å². The van der Waals surface area contributed by atoms with Crippen molar-refractivity contribution in [1.82, 2.24) is 0 Å². The van der Waals surface area contributed by atoms with Crippen LogP contribution in [0.3, 0.4) is 0 Å². The van der Waals surface area contributed by atoms with E-state index in [1.165, 1.54) is 109 Å². The summed E-state index contributed by atoms with van der Waals surface area (Å²) < 4.78 is 12.4. The molecule has 0 saturated carbocycles. The summed E-state index contributed by atoms with van der Waals surface area (Å²) in [6, 6.07) is 0. The van der Waals surface area contributed by atoms with Gasteiger partial charge < -0.3 is 19.1 Å². The zero-order chi connectivity index (χ0) is 34.0. The molecular weight excluding hydrogens is 574 g/mol. The molecular formula is C40H80NO5+. The van der Waals surface area contributed by atoms with Crippen LogP contribution in [0, 0.1) is 0 Å². The monoisotopic (exact) mass is 655 g/mol. The summed E-state index contributed by atoms with van der Waals surface area (Å²) in [5.41, 5.74) is 0. The average molecular weight is 655 g/mol. The Bertz CT molecular complexity index is 672. The van der Waals surface area contributed by atoms with Gasteiger partial charge in [0, 0.05) is 25.9 Å². The summed E-state index contributed by atoms with van der Waals surface area (Å²) in [5.74, 6) is -0.0185. The minimum Gasteiger partial charge on any atom is -0.466 e. The molecule has 0 saturated heterocycles. The predicted octanol–water partition coefficient (Wildman–Crippen LogP) is 10.9. The molecule has 2 unspecified atom stereocenters. The summed E-state index contributed by atoms with van der Waals surface area (Å²) in [6.07, 6.45) is 31.1. The molecule has 0 radical (unpaired) electrons. The zero-order valence-corrected chi connectivity index (χ0v) is 31.4. The van der Waals surface area contributed by atoms with E-state index in [4.69, 9.17) is 9.47 Å². The van der Waals surface area contributed by atoms with Crippen molar-refractivity contribution in [1.29, 1.82) is 0 Å². The van der Waals surface area contributed by atoms with Crippen LogP contribution in [0.4, 0.5) is 0 Å². The largest absolute Gasteiger partial charge is 0.466 e. The van der Waals surface area contributed by atoms with Gasteiger partial charge in [-0.25, -0.2) is 0 Å². The normalized spacial score (nSPS) is 13.4. The molecule has 1 N–H and O–H groups in total. The van der Waals surface area contributed by atoms with E-state index in [-0.39, 0.29) is 24.6 Å². The van der Waals surface area contributed by atoms with Crippen molar-refractivity contribution in [3.63, 3.8) is 0 Å². The lowest BCUT2D eigenvalue weighted by Gasteiger charge is -2.35. The van der Waals surface area contributed by atoms with Gasteiger partial charge in [-0.15, -0.1) is 0 Å². The van der Waals surface area contributed by atoms with Gasteiger partial charge in [0.05, 0.1) is 33.3 Å². The molecule has 6 nitrogen and oxygen atoms in total. The van der Waals surface area contributed by atoms with Gasteiger partial charge in [0.2, 0.25) is 0 Å². The molecule has 2 atom stereocenters. The van der Waals surface area contributed by atoms with Crippen molar-refractivity contribution >= 4 is 11.9 Å². The van der Waals surface area contributed by atoms with Crippen molar-refractivity contribution in [2.75, 3.05) is 39.9 Å². The van der Waals surface area contributed by atoms with Crippen LogP contribution in [-0.2, 0) is 19.1 Å². The Morgan fingerprint density at radius 1 is 0.522 bits per heavy atom. The zero-order valence-electron chi connectivity index (χ0n) is 31.4. The molecule has 0 amide bonds. The Labute approximate surface area is 286 Å². The molecule has 0 aliphatic heterocycles. The van der Waals surface area contributed by atoms with Crippen molar-refractivity contribution in [3.8, 4) is 0 Å². The second kappa shape index (κ2) is 33.7. The molecule has 0 aliphatic rings. The number of esters is 2. The van der Waals surface area contributed by atoms with E-state index in [0.717, 1.165) is 81.9 Å². The molecule has 0 bridgehead atoms. The number of unbranched alkanes of at least 4 members (excludes halogenated alkanes) is 18. The average Bonchev–Trinajstić information content (AvgIpc) is 3.04. The van der Waals surface area contributed by atoms with E-state index in [1.807, 2.05) is 0 Å². The van der Waals surface area contributed by atoms with Gasteiger partial charge in [0.1, 0.15) is 6.10 Å². The van der Waals surface area contributed by atoms with Gasteiger partial charge in [-0.3, -0.25) is 9.59 Å². The first-order chi connectivity index (χ1) is 22.4. The predicted molar refractivity (Wildman–Crippen MR) is 195 cm³/mol. The maximum Gasteiger partial charge on any atom is 0.306 e. The van der Waals surface area contributed by atoms with Gasteiger partial charge in [0.25, 0.3) is 0 Å². The van der Waals surface area contributed by atoms with E-state index in [2.05, 4.69) is 27.8 Å². The smallest absolute Gasteiger partial charge is 0.306 e. The van der Waals surface area contributed by atoms with Crippen LogP contribution in [0.25, 0.3) is 0 Å². The Morgan fingerprint density at radius 2 is 0.935 bits per heavy atom. The second-order valence-corrected chi connectivity index (χ2v) is 14.3. The molecule has 0 aliphatic carbocycles. The summed E-state index contributed by atoms with van der Waals surface area (Å²) in [4.78, 5) is 24.5. The molecule has 6 heteroatoms. The van der Waals surface area contributed by atoms with Crippen molar-refractivity contribution < 1.29 is 28.7 Å². The third-order valence-electron chi connectivity index (χ3n) is 9.58. The van der Waals surface area contributed by atoms with Crippen LogP contribution in [0.5, 0.6) is 0 Å². The highest BCUT2D eigenvalue weighted by Crippen LogP contribution is 2.18. The van der Waals surface area contributed by atoms with Crippen molar-refractivity contribution in [3.05, 3.63) is 0 Å². The lowest BCUT2D eigenvalue weighted by molar-refractivity contribution is -0.910. The van der Waals surface area contributed by atoms with Crippen LogP contribution in [0.2, 0.25) is 0 Å². The SMILES string of the molecule is CCCCCCCCOC(=O)CCCCCCC[N+](C)(CCCO)CCCCCCCC(=O)OC(CCCCC)CCCCCC. The number of carbonyl (C=O) groups excluding carboxylic acids is 2. The molecule has 274 valence electrons. The summed E-state index contributed by atoms with van der Waals surface area (Å²) in [5, 5.41) is 9.46. The fourth-order valence-corrected chi connectivity index (χ4v) is 6.44. The highest BCUT2D eigenvalue weighted by Gasteiger charge is 2.20. The van der Waals surface area contributed by atoms with E-state index in [9.17, 15) is 14.7 Å². The Kier molecular flexibility index (Phi) is 32.9. The molecule has 0 aromatic heterocycles. The van der Waals surface area contributed by atoms with Crippen LogP contribution < -0.4 is 0 Å². The van der Waals surface area contributed by atoms with Gasteiger partial charge in [0.15, 0.2) is 0 Å². The van der Waals surface area contributed by atoms with Gasteiger partial charge in [-0.1, -0.05) is 111 Å². The molecule has 0 aromatic carbocycles. The Hall–Kier alpha value is -1.14. The number of aliphatic hydroxyl groups excluding tert-OH is 1. The minimum absolute atomic E-state index is 0.00802. The lowest BCUT2D eigenvalue weighted by atomic mass is 10.0. The highest BCUT2D eigenvalue weighted by atomic mass is 16.5. The van der Waals surface area contributed by atoms with Crippen LogP contribution in [0.1, 0.15) is 201 Å². The molecule has 0 aromatic rings. The number of nitrogens with zero attached hydrogens (tertiary/aromatic N) is 1. The van der Waals surface area contributed by atoms with Gasteiger partial charge in [-0.05, 0) is 70.6 Å². The van der Waals surface area contributed by atoms with Crippen LogP contribution in [0.15, 0.2) is 0 Å². The summed E-state index contributed by atoms with van der Waals surface area (Å²) >= 11 is 0. The first kappa shape index (κ1) is 44.9. The van der Waals surface area contributed by atoms with Crippen molar-refractivity contribution in [2.45, 2.75) is 207 Å². The standard InChI is InChI=1S/C40H80NO5/c1-5-8-11-13-20-27-37-45-39(43)31-23-16-14-18-25-33-41(4,35-28-36-42)34-26-19-15-17-24-32-40(44)46-38(29-21-10-7-3)30-22-12-9-6-2/h38,42H,5-37H2,1-4H3/q+1. The number of carbonyl (C=O) groups is 2. The quantitative estimate of drug-likeness (QED) is 0.0413. The Morgan fingerprint density at radius 3 is 1.50 bits per heavy atom. The number of ether oxygens (including phenoxy) is 2. The fourth-order valence-electron chi connectivity index (χ4n) is 6.44. The molecule has 0 spiro atoms. The van der Waals surface area contributed by atoms with Gasteiger partial charge >= 0.3 is 11.9 Å². The fraction of sp³-hybridized carbons (Fsp3) is 0.950. The minimum atomic E-state index is -0.0265. The first-order valence-electron chi connectivity index (χ1n) is 20.2. The molecule has 46 heavy (non-hydrogen) atoms. The van der Waals surface area contributed by atoms with Crippen molar-refractivity contribution in [2.24, 2.45) is 0 Å². The van der Waals surface area contributed by atoms with E-state index >= 15 is 0 Å². The maximum atomic E-state index is 12.5. The number of quaternary nitrogens is 1. The van der Waals surface area contributed by atoms with E-state index in [0.29, 0.717) is 19.4 Å².